The van der Waals surface area contributed by atoms with Crippen molar-refractivity contribution in [3.05, 3.63) is 28.2 Å². The number of carbonyl (C=O) groups excluding carboxylic acids is 1. The third-order valence-electron chi connectivity index (χ3n) is 3.35. The van der Waals surface area contributed by atoms with Gasteiger partial charge in [-0.25, -0.2) is 0 Å². The van der Waals surface area contributed by atoms with Gasteiger partial charge in [0.2, 0.25) is 5.91 Å². The highest BCUT2D eigenvalue weighted by Crippen LogP contribution is 2.27. The lowest BCUT2D eigenvalue weighted by molar-refractivity contribution is -0.129. The quantitative estimate of drug-likeness (QED) is 0.906. The number of hydrogen-bond donors (Lipinski definition) is 1. The molecule has 0 bridgehead atoms. The van der Waals surface area contributed by atoms with E-state index in [0.29, 0.717) is 12.6 Å². The van der Waals surface area contributed by atoms with Crippen LogP contribution in [-0.2, 0) is 4.79 Å². The zero-order chi connectivity index (χ0) is 13.1. The number of likely N-dealkylation sites (N-methyl/N-ethyl adjacent to an activating group) is 1. The summed E-state index contributed by atoms with van der Waals surface area (Å²) in [4.78, 5) is 14.0. The van der Waals surface area contributed by atoms with Gasteiger partial charge in [0.05, 0.1) is 6.54 Å². The number of anilines is 1. The molecule has 0 heterocycles. The summed E-state index contributed by atoms with van der Waals surface area (Å²) >= 11 is 3.49. The number of amides is 1. The minimum atomic E-state index is 0.194. The van der Waals surface area contributed by atoms with Crippen molar-refractivity contribution in [1.82, 2.24) is 4.90 Å². The van der Waals surface area contributed by atoms with Crippen LogP contribution in [0.1, 0.15) is 25.3 Å². The Bertz CT molecular complexity index is 443. The van der Waals surface area contributed by atoms with Crippen LogP contribution in [0.5, 0.6) is 0 Å². The molecule has 0 saturated heterocycles. The van der Waals surface area contributed by atoms with Crippen LogP contribution in [0.15, 0.2) is 22.7 Å². The third-order valence-corrected chi connectivity index (χ3v) is 4.21. The van der Waals surface area contributed by atoms with Crippen molar-refractivity contribution in [3.8, 4) is 0 Å². The Morgan fingerprint density at radius 3 is 2.83 bits per heavy atom. The molecule has 0 unspecified atom stereocenters. The van der Waals surface area contributed by atoms with Crippen LogP contribution < -0.4 is 5.32 Å². The zero-order valence-corrected chi connectivity index (χ0v) is 12.5. The number of carbonyl (C=O) groups is 1. The van der Waals surface area contributed by atoms with Crippen LogP contribution in [0.25, 0.3) is 0 Å². The smallest absolute Gasteiger partial charge is 0.242 e. The fourth-order valence-electron chi connectivity index (χ4n) is 2.10. The molecule has 1 fully saturated rings. The molecule has 98 valence electrons. The summed E-state index contributed by atoms with van der Waals surface area (Å²) < 4.78 is 1.06. The molecule has 1 aromatic rings. The van der Waals surface area contributed by atoms with Gasteiger partial charge in [-0.15, -0.1) is 0 Å². The van der Waals surface area contributed by atoms with Crippen LogP contribution in [-0.4, -0.2) is 29.9 Å². The molecule has 1 N–H and O–H groups in total. The molecule has 3 nitrogen and oxygen atoms in total. The molecule has 2 rings (SSSR count). The van der Waals surface area contributed by atoms with E-state index >= 15 is 0 Å². The van der Waals surface area contributed by atoms with Gasteiger partial charge in [0.1, 0.15) is 0 Å². The van der Waals surface area contributed by atoms with Gasteiger partial charge in [-0.2, -0.15) is 0 Å². The van der Waals surface area contributed by atoms with Gasteiger partial charge in [0.15, 0.2) is 0 Å². The second kappa shape index (κ2) is 5.74. The topological polar surface area (TPSA) is 32.3 Å². The second-order valence-electron chi connectivity index (χ2n) is 4.68. The first-order chi connectivity index (χ1) is 8.63. The zero-order valence-electron chi connectivity index (χ0n) is 10.9. The predicted octanol–water partition coefficient (Wildman–Crippen LogP) is 3.18. The molecular formula is C14H19BrN2O. The number of hydrogen-bond acceptors (Lipinski definition) is 2. The second-order valence-corrected chi connectivity index (χ2v) is 5.53. The van der Waals surface area contributed by atoms with Gasteiger partial charge >= 0.3 is 0 Å². The minimum absolute atomic E-state index is 0.194. The summed E-state index contributed by atoms with van der Waals surface area (Å²) in [5.41, 5.74) is 2.16. The van der Waals surface area contributed by atoms with Gasteiger partial charge < -0.3 is 10.2 Å². The lowest BCUT2D eigenvalue weighted by Crippen LogP contribution is -2.37. The maximum absolute atomic E-state index is 12.1. The fraction of sp³-hybridized carbons (Fsp3) is 0.500. The van der Waals surface area contributed by atoms with Crippen LogP contribution in [0.4, 0.5) is 5.69 Å². The summed E-state index contributed by atoms with van der Waals surface area (Å²) in [6, 6.07) is 6.47. The van der Waals surface area contributed by atoms with E-state index in [1.807, 2.05) is 36.9 Å². The third kappa shape index (κ3) is 3.05. The van der Waals surface area contributed by atoms with Crippen molar-refractivity contribution in [2.24, 2.45) is 0 Å². The number of rotatable bonds is 5. The number of nitrogens with one attached hydrogen (secondary N) is 1. The Morgan fingerprint density at radius 2 is 2.22 bits per heavy atom. The monoisotopic (exact) mass is 310 g/mol. The summed E-state index contributed by atoms with van der Waals surface area (Å²) in [5, 5.41) is 3.23. The Kier molecular flexibility index (Phi) is 4.27. The number of benzene rings is 1. The lowest BCUT2D eigenvalue weighted by atomic mass is 10.2. The molecule has 0 spiro atoms. The first kappa shape index (κ1) is 13.4. The average molecular weight is 311 g/mol. The van der Waals surface area contributed by atoms with Crippen molar-refractivity contribution in [1.29, 1.82) is 0 Å². The van der Waals surface area contributed by atoms with Crippen molar-refractivity contribution in [2.75, 3.05) is 18.4 Å². The van der Waals surface area contributed by atoms with Crippen LogP contribution >= 0.6 is 15.9 Å². The molecule has 18 heavy (non-hydrogen) atoms. The van der Waals surface area contributed by atoms with Crippen molar-refractivity contribution >= 4 is 27.5 Å². The standard InChI is InChI=1S/C14H19BrN2O/c1-3-17(11-7-8-11)14(18)9-16-13-6-4-5-12(15)10(13)2/h4-6,11,16H,3,7-9H2,1-2H3. The summed E-state index contributed by atoms with van der Waals surface area (Å²) in [5.74, 6) is 0.194. The highest BCUT2D eigenvalue weighted by Gasteiger charge is 2.30. The molecule has 1 aromatic carbocycles. The highest BCUT2D eigenvalue weighted by atomic mass is 79.9. The molecule has 4 heteroatoms. The van der Waals surface area contributed by atoms with E-state index in [1.165, 1.54) is 0 Å². The molecule has 0 atom stereocenters. The highest BCUT2D eigenvalue weighted by molar-refractivity contribution is 9.10. The SMILES string of the molecule is CCN(C(=O)CNc1cccc(Br)c1C)C1CC1. The summed E-state index contributed by atoms with van der Waals surface area (Å²) in [7, 11) is 0. The maximum atomic E-state index is 12.1. The van der Waals surface area contributed by atoms with E-state index in [-0.39, 0.29) is 5.91 Å². The summed E-state index contributed by atoms with van der Waals surface area (Å²) in [6.07, 6.45) is 2.32. The maximum Gasteiger partial charge on any atom is 0.242 e. The molecule has 0 radical (unpaired) electrons. The largest absolute Gasteiger partial charge is 0.376 e. The normalized spacial score (nSPS) is 14.4. The van der Waals surface area contributed by atoms with Crippen molar-refractivity contribution in [3.63, 3.8) is 0 Å². The Balaban J connectivity index is 1.94. The van der Waals surface area contributed by atoms with Crippen LogP contribution in [0.2, 0.25) is 0 Å². The van der Waals surface area contributed by atoms with Gasteiger partial charge in [0.25, 0.3) is 0 Å². The summed E-state index contributed by atoms with van der Waals surface area (Å²) in [6.45, 7) is 5.26. The molecular weight excluding hydrogens is 292 g/mol. The minimum Gasteiger partial charge on any atom is -0.376 e. The van der Waals surface area contributed by atoms with E-state index in [2.05, 4.69) is 21.2 Å². The van der Waals surface area contributed by atoms with E-state index in [0.717, 1.165) is 35.1 Å². The first-order valence-electron chi connectivity index (χ1n) is 6.42. The van der Waals surface area contributed by atoms with E-state index in [1.54, 1.807) is 0 Å². The van der Waals surface area contributed by atoms with Gasteiger partial charge in [-0.3, -0.25) is 4.79 Å². The Morgan fingerprint density at radius 1 is 1.50 bits per heavy atom. The van der Waals surface area contributed by atoms with Crippen LogP contribution in [0, 0.1) is 6.92 Å². The van der Waals surface area contributed by atoms with E-state index < -0.39 is 0 Å². The van der Waals surface area contributed by atoms with Crippen LogP contribution in [0.3, 0.4) is 0 Å². The predicted molar refractivity (Wildman–Crippen MR) is 77.8 cm³/mol. The van der Waals surface area contributed by atoms with Gasteiger partial charge in [-0.1, -0.05) is 22.0 Å². The molecule has 1 saturated carbocycles. The van der Waals surface area contributed by atoms with Gasteiger partial charge in [-0.05, 0) is 44.4 Å². The molecule has 1 aliphatic carbocycles. The molecule has 0 aromatic heterocycles. The number of nitrogens with zero attached hydrogens (tertiary/aromatic N) is 1. The van der Waals surface area contributed by atoms with E-state index in [9.17, 15) is 4.79 Å². The van der Waals surface area contributed by atoms with Gasteiger partial charge in [0, 0.05) is 22.7 Å². The lowest BCUT2D eigenvalue weighted by Gasteiger charge is -2.21. The Labute approximate surface area is 117 Å². The molecule has 1 amide bonds. The van der Waals surface area contributed by atoms with Crippen molar-refractivity contribution < 1.29 is 4.79 Å². The molecule has 0 aliphatic heterocycles. The first-order valence-corrected chi connectivity index (χ1v) is 7.21. The van der Waals surface area contributed by atoms with E-state index in [4.69, 9.17) is 0 Å². The molecule has 1 aliphatic rings. The fourth-order valence-corrected chi connectivity index (χ4v) is 2.46. The van der Waals surface area contributed by atoms with Crippen molar-refractivity contribution in [2.45, 2.75) is 32.7 Å². The average Bonchev–Trinajstić information content (AvgIpc) is 3.16. The number of halogens is 1. The Hall–Kier alpha value is -1.03.